The molecular formula is C15H21N3OS. The van der Waals surface area contributed by atoms with E-state index < -0.39 is 0 Å². The Morgan fingerprint density at radius 3 is 2.75 bits per heavy atom. The van der Waals surface area contributed by atoms with Gasteiger partial charge in [-0.1, -0.05) is 0 Å². The second-order valence-electron chi connectivity index (χ2n) is 5.47. The summed E-state index contributed by atoms with van der Waals surface area (Å²) >= 11 is 1.97. The Balaban J connectivity index is 1.97. The number of fused-ring (bicyclic) bond motifs is 1. The molecule has 0 amide bonds. The van der Waals surface area contributed by atoms with Crippen LogP contribution in [0.15, 0.2) is 18.2 Å². The zero-order valence-electron chi connectivity index (χ0n) is 11.7. The maximum atomic E-state index is 9.60. The highest BCUT2D eigenvalue weighted by molar-refractivity contribution is 7.99. The molecule has 5 heteroatoms. The highest BCUT2D eigenvalue weighted by Gasteiger charge is 2.25. The van der Waals surface area contributed by atoms with Gasteiger partial charge in [0.05, 0.1) is 11.0 Å². The number of hydrogen-bond donors (Lipinski definition) is 2. The zero-order valence-corrected chi connectivity index (χ0v) is 12.6. The molecule has 108 valence electrons. The second kappa shape index (κ2) is 5.66. The minimum Gasteiger partial charge on any atom is -0.399 e. The van der Waals surface area contributed by atoms with Crippen LogP contribution in [0.5, 0.6) is 0 Å². The van der Waals surface area contributed by atoms with Crippen molar-refractivity contribution in [2.45, 2.75) is 43.6 Å². The minimum absolute atomic E-state index is 0.0168. The predicted molar refractivity (Wildman–Crippen MR) is 84.9 cm³/mol. The summed E-state index contributed by atoms with van der Waals surface area (Å²) in [6, 6.07) is 6.28. The topological polar surface area (TPSA) is 64.1 Å². The van der Waals surface area contributed by atoms with Crippen LogP contribution in [0.2, 0.25) is 0 Å². The number of thioether (sulfide) groups is 1. The standard InChI is InChI=1S/C15H21N3OS/c1-20-12-5-3-11(4-6-12)18-14-7-2-10(16)8-13(14)17-15(18)9-19/h2,7-8,11-12,19H,3-6,9,16H2,1H3. The van der Waals surface area contributed by atoms with Crippen molar-refractivity contribution in [1.29, 1.82) is 0 Å². The fourth-order valence-electron chi connectivity index (χ4n) is 3.22. The van der Waals surface area contributed by atoms with E-state index in [1.165, 1.54) is 12.8 Å². The van der Waals surface area contributed by atoms with Gasteiger partial charge in [0, 0.05) is 17.0 Å². The number of hydrogen-bond acceptors (Lipinski definition) is 4. The summed E-state index contributed by atoms with van der Waals surface area (Å²) in [5.41, 5.74) is 8.53. The number of benzene rings is 1. The third-order valence-electron chi connectivity index (χ3n) is 4.27. The summed E-state index contributed by atoms with van der Waals surface area (Å²) in [4.78, 5) is 4.53. The fourth-order valence-corrected chi connectivity index (χ4v) is 3.97. The van der Waals surface area contributed by atoms with Gasteiger partial charge in [0.25, 0.3) is 0 Å². The van der Waals surface area contributed by atoms with Crippen molar-refractivity contribution >= 4 is 28.5 Å². The first-order valence-electron chi connectivity index (χ1n) is 7.13. The van der Waals surface area contributed by atoms with E-state index in [2.05, 4.69) is 15.8 Å². The molecule has 0 spiro atoms. The Morgan fingerprint density at radius 2 is 2.10 bits per heavy atom. The van der Waals surface area contributed by atoms with Crippen molar-refractivity contribution in [3.05, 3.63) is 24.0 Å². The molecule has 1 saturated carbocycles. The lowest BCUT2D eigenvalue weighted by Gasteiger charge is -2.29. The fraction of sp³-hybridized carbons (Fsp3) is 0.533. The molecule has 3 rings (SSSR count). The van der Waals surface area contributed by atoms with E-state index in [1.54, 1.807) is 0 Å². The lowest BCUT2D eigenvalue weighted by Crippen LogP contribution is -2.21. The molecule has 1 fully saturated rings. The lowest BCUT2D eigenvalue weighted by molar-refractivity contribution is 0.254. The highest BCUT2D eigenvalue weighted by atomic mass is 32.2. The van der Waals surface area contributed by atoms with Crippen LogP contribution >= 0.6 is 11.8 Å². The van der Waals surface area contributed by atoms with Crippen molar-refractivity contribution in [2.75, 3.05) is 12.0 Å². The van der Waals surface area contributed by atoms with Gasteiger partial charge in [-0.3, -0.25) is 0 Å². The molecule has 1 aliphatic rings. The van der Waals surface area contributed by atoms with Gasteiger partial charge >= 0.3 is 0 Å². The van der Waals surface area contributed by atoms with Crippen LogP contribution in [0.4, 0.5) is 5.69 Å². The maximum absolute atomic E-state index is 9.60. The first-order chi connectivity index (χ1) is 9.72. The summed E-state index contributed by atoms with van der Waals surface area (Å²) in [5, 5.41) is 10.4. The highest BCUT2D eigenvalue weighted by Crippen LogP contribution is 2.36. The average molecular weight is 291 g/mol. The Kier molecular flexibility index (Phi) is 3.89. The molecule has 20 heavy (non-hydrogen) atoms. The van der Waals surface area contributed by atoms with Gasteiger partial charge < -0.3 is 15.4 Å². The molecule has 2 aromatic rings. The molecule has 0 atom stereocenters. The smallest absolute Gasteiger partial charge is 0.135 e. The van der Waals surface area contributed by atoms with E-state index in [0.29, 0.717) is 6.04 Å². The number of aliphatic hydroxyl groups excluding tert-OH is 1. The molecule has 3 N–H and O–H groups in total. The molecule has 0 aliphatic heterocycles. The summed E-state index contributed by atoms with van der Waals surface area (Å²) in [6.07, 6.45) is 7.00. The monoisotopic (exact) mass is 291 g/mol. The van der Waals surface area contributed by atoms with Crippen LogP contribution in [-0.2, 0) is 6.61 Å². The van der Waals surface area contributed by atoms with E-state index in [4.69, 9.17) is 5.73 Å². The van der Waals surface area contributed by atoms with Crippen LogP contribution in [-0.4, -0.2) is 26.2 Å². The van der Waals surface area contributed by atoms with Gasteiger partial charge in [-0.05, 0) is 50.1 Å². The minimum atomic E-state index is -0.0168. The van der Waals surface area contributed by atoms with E-state index in [-0.39, 0.29) is 6.61 Å². The third kappa shape index (κ3) is 2.40. The predicted octanol–water partition coefficient (Wildman–Crippen LogP) is 2.96. The largest absolute Gasteiger partial charge is 0.399 e. The van der Waals surface area contributed by atoms with Gasteiger partial charge in [-0.15, -0.1) is 0 Å². The first kappa shape index (κ1) is 13.8. The Morgan fingerprint density at radius 1 is 1.35 bits per heavy atom. The van der Waals surface area contributed by atoms with Crippen molar-refractivity contribution in [2.24, 2.45) is 0 Å². The molecule has 1 aliphatic carbocycles. The van der Waals surface area contributed by atoms with Gasteiger partial charge in [-0.25, -0.2) is 4.98 Å². The Labute approximate surface area is 123 Å². The van der Waals surface area contributed by atoms with E-state index >= 15 is 0 Å². The first-order valence-corrected chi connectivity index (χ1v) is 8.41. The number of nitrogen functional groups attached to an aromatic ring is 1. The quantitative estimate of drug-likeness (QED) is 0.853. The molecule has 0 saturated heterocycles. The number of aliphatic hydroxyl groups is 1. The molecule has 0 unspecified atom stereocenters. The number of nitrogens with two attached hydrogens (primary N) is 1. The zero-order chi connectivity index (χ0) is 14.1. The normalized spacial score (nSPS) is 23.3. The molecular weight excluding hydrogens is 270 g/mol. The number of nitrogens with zero attached hydrogens (tertiary/aromatic N) is 2. The number of anilines is 1. The molecule has 1 aromatic carbocycles. The van der Waals surface area contributed by atoms with Crippen molar-refractivity contribution < 1.29 is 5.11 Å². The Hall–Kier alpha value is -1.20. The van der Waals surface area contributed by atoms with Crippen molar-refractivity contribution in [1.82, 2.24) is 9.55 Å². The third-order valence-corrected chi connectivity index (χ3v) is 5.41. The number of imidazole rings is 1. The second-order valence-corrected chi connectivity index (χ2v) is 6.61. The average Bonchev–Trinajstić information content (AvgIpc) is 2.84. The molecule has 4 nitrogen and oxygen atoms in total. The van der Waals surface area contributed by atoms with Crippen LogP contribution in [0.1, 0.15) is 37.5 Å². The van der Waals surface area contributed by atoms with E-state index in [9.17, 15) is 5.11 Å². The van der Waals surface area contributed by atoms with Crippen LogP contribution in [0, 0.1) is 0 Å². The van der Waals surface area contributed by atoms with Crippen molar-refractivity contribution in [3.63, 3.8) is 0 Å². The van der Waals surface area contributed by atoms with E-state index in [1.807, 2.05) is 30.0 Å². The van der Waals surface area contributed by atoms with Gasteiger partial charge in [0.2, 0.25) is 0 Å². The SMILES string of the molecule is CSC1CCC(n2c(CO)nc3cc(N)ccc32)CC1. The Bertz CT molecular complexity index is 602. The number of aromatic nitrogens is 2. The summed E-state index contributed by atoms with van der Waals surface area (Å²) in [7, 11) is 0. The lowest BCUT2D eigenvalue weighted by atomic mass is 9.94. The number of rotatable bonds is 3. The molecule has 1 aromatic heterocycles. The summed E-state index contributed by atoms with van der Waals surface area (Å²) in [5.74, 6) is 0.762. The maximum Gasteiger partial charge on any atom is 0.135 e. The van der Waals surface area contributed by atoms with Crippen molar-refractivity contribution in [3.8, 4) is 0 Å². The van der Waals surface area contributed by atoms with Gasteiger partial charge in [0.1, 0.15) is 12.4 Å². The van der Waals surface area contributed by atoms with Gasteiger partial charge in [0.15, 0.2) is 0 Å². The molecule has 0 bridgehead atoms. The molecule has 0 radical (unpaired) electrons. The van der Waals surface area contributed by atoms with Gasteiger partial charge in [-0.2, -0.15) is 11.8 Å². The van der Waals surface area contributed by atoms with E-state index in [0.717, 1.165) is 40.6 Å². The van der Waals surface area contributed by atoms with Crippen LogP contribution < -0.4 is 5.73 Å². The summed E-state index contributed by atoms with van der Waals surface area (Å²) < 4.78 is 2.23. The summed E-state index contributed by atoms with van der Waals surface area (Å²) in [6.45, 7) is -0.0168. The van der Waals surface area contributed by atoms with Crippen LogP contribution in [0.3, 0.4) is 0 Å². The molecule has 1 heterocycles. The van der Waals surface area contributed by atoms with Crippen LogP contribution in [0.25, 0.3) is 11.0 Å².